The number of rotatable bonds is 10. The minimum Gasteiger partial charge on any atom is -0.435 e. The van der Waals surface area contributed by atoms with Crippen LogP contribution >= 0.6 is 12.4 Å². The summed E-state index contributed by atoms with van der Waals surface area (Å²) in [7, 11) is -4.35. The molecule has 3 N–H and O–H groups in total. The molecule has 39 heavy (non-hydrogen) atoms. The Kier molecular flexibility index (Phi) is 9.91. The number of hydrogen-bond acceptors (Lipinski definition) is 8. The molecule has 0 bridgehead atoms. The van der Waals surface area contributed by atoms with Crippen molar-refractivity contribution in [1.82, 2.24) is 20.3 Å². The standard InChI is InChI=1S/C24H26F4N6O3S.ClH/c1-24(27,28)9-13-38(35,36)34-18-6-7-19(21(26)20(18)25)37-22-16(5-3-11-30-22)17-8-12-31-23(33-17)32-15-4-2-10-29-14-15;/h3,5-8,11-12,15,29,34H,2,4,9-10,13-14H2,1H3,(H,31,32,33);1H. The second-order valence-corrected chi connectivity index (χ2v) is 10.7. The second kappa shape index (κ2) is 12.7. The van der Waals surface area contributed by atoms with Crippen molar-refractivity contribution in [3.63, 3.8) is 0 Å². The van der Waals surface area contributed by atoms with E-state index in [4.69, 9.17) is 4.74 Å². The van der Waals surface area contributed by atoms with E-state index in [0.717, 1.165) is 38.1 Å². The molecule has 0 saturated carbocycles. The fraction of sp³-hybridized carbons (Fsp3) is 0.375. The summed E-state index contributed by atoms with van der Waals surface area (Å²) in [5.41, 5.74) is 0.0661. The number of halogens is 5. The zero-order valence-corrected chi connectivity index (χ0v) is 22.4. The van der Waals surface area contributed by atoms with Gasteiger partial charge in [-0.3, -0.25) is 4.72 Å². The van der Waals surface area contributed by atoms with E-state index in [1.165, 1.54) is 6.20 Å². The predicted molar refractivity (Wildman–Crippen MR) is 141 cm³/mol. The Morgan fingerprint density at radius 3 is 2.64 bits per heavy atom. The van der Waals surface area contributed by atoms with Crippen LogP contribution in [0.15, 0.2) is 42.7 Å². The maximum Gasteiger partial charge on any atom is 0.246 e. The lowest BCUT2D eigenvalue weighted by molar-refractivity contribution is 0.0189. The van der Waals surface area contributed by atoms with E-state index in [1.807, 2.05) is 0 Å². The lowest BCUT2D eigenvalue weighted by atomic mass is 10.1. The van der Waals surface area contributed by atoms with Crippen LogP contribution in [-0.4, -0.2) is 54.2 Å². The molecule has 1 atom stereocenters. The zero-order valence-electron chi connectivity index (χ0n) is 20.8. The average Bonchev–Trinajstić information content (AvgIpc) is 2.88. The number of benzene rings is 1. The summed E-state index contributed by atoms with van der Waals surface area (Å²) in [6.07, 6.45) is 3.95. The third-order valence-electron chi connectivity index (χ3n) is 5.66. The van der Waals surface area contributed by atoms with Crippen molar-refractivity contribution in [2.45, 2.75) is 38.2 Å². The fourth-order valence-electron chi connectivity index (χ4n) is 3.73. The molecule has 1 aliphatic heterocycles. The summed E-state index contributed by atoms with van der Waals surface area (Å²) in [6, 6.07) is 6.97. The Balaban J connectivity index is 0.00000420. The smallest absolute Gasteiger partial charge is 0.246 e. The van der Waals surface area contributed by atoms with Crippen molar-refractivity contribution in [2.75, 3.05) is 28.9 Å². The number of aromatic nitrogens is 3. The van der Waals surface area contributed by atoms with E-state index in [9.17, 15) is 26.0 Å². The van der Waals surface area contributed by atoms with E-state index < -0.39 is 51.2 Å². The molecule has 1 unspecified atom stereocenters. The van der Waals surface area contributed by atoms with E-state index in [1.54, 1.807) is 29.1 Å². The highest BCUT2D eigenvalue weighted by atomic mass is 35.5. The van der Waals surface area contributed by atoms with Crippen LogP contribution < -0.4 is 20.1 Å². The minimum atomic E-state index is -4.35. The highest BCUT2D eigenvalue weighted by molar-refractivity contribution is 7.92. The Hall–Kier alpha value is -3.23. The average molecular weight is 591 g/mol. The van der Waals surface area contributed by atoms with Crippen LogP contribution in [-0.2, 0) is 10.0 Å². The summed E-state index contributed by atoms with van der Waals surface area (Å²) in [4.78, 5) is 12.9. The van der Waals surface area contributed by atoms with Crippen LogP contribution in [0.1, 0.15) is 26.2 Å². The van der Waals surface area contributed by atoms with Gasteiger partial charge in [-0.25, -0.2) is 36.5 Å². The van der Waals surface area contributed by atoms with E-state index in [-0.39, 0.29) is 24.3 Å². The number of sulfonamides is 1. The largest absolute Gasteiger partial charge is 0.435 e. The first-order chi connectivity index (χ1) is 18.0. The Morgan fingerprint density at radius 1 is 1.13 bits per heavy atom. The van der Waals surface area contributed by atoms with Crippen molar-refractivity contribution in [3.05, 3.63) is 54.4 Å². The number of hydrogen-bond donors (Lipinski definition) is 3. The van der Waals surface area contributed by atoms with Crippen molar-refractivity contribution < 1.29 is 30.7 Å². The zero-order chi connectivity index (χ0) is 27.3. The van der Waals surface area contributed by atoms with Gasteiger partial charge in [-0.15, -0.1) is 12.4 Å². The number of pyridine rings is 1. The molecule has 0 amide bonds. The van der Waals surface area contributed by atoms with Crippen LogP contribution in [0.4, 0.5) is 29.2 Å². The first-order valence-electron chi connectivity index (χ1n) is 11.8. The molecule has 0 radical (unpaired) electrons. The van der Waals surface area contributed by atoms with Gasteiger partial charge in [0.05, 0.1) is 22.7 Å². The molecule has 0 aliphatic carbocycles. The van der Waals surface area contributed by atoms with Gasteiger partial charge < -0.3 is 15.4 Å². The molecule has 2 aromatic heterocycles. The van der Waals surface area contributed by atoms with Gasteiger partial charge in [-0.05, 0) is 56.6 Å². The number of piperidine rings is 1. The number of anilines is 2. The van der Waals surface area contributed by atoms with Gasteiger partial charge >= 0.3 is 0 Å². The summed E-state index contributed by atoms with van der Waals surface area (Å²) in [5, 5.41) is 6.56. The van der Waals surface area contributed by atoms with Gasteiger partial charge in [0.15, 0.2) is 11.6 Å². The number of nitrogens with zero attached hydrogens (tertiary/aromatic N) is 3. The van der Waals surface area contributed by atoms with Crippen LogP contribution in [0, 0.1) is 11.6 Å². The lowest BCUT2D eigenvalue weighted by Gasteiger charge is -2.23. The van der Waals surface area contributed by atoms with Crippen molar-refractivity contribution >= 4 is 34.1 Å². The molecule has 4 rings (SSSR count). The number of alkyl halides is 2. The molecule has 3 heterocycles. The van der Waals surface area contributed by atoms with Crippen LogP contribution in [0.5, 0.6) is 11.6 Å². The molecule has 212 valence electrons. The summed E-state index contributed by atoms with van der Waals surface area (Å²) in [5.74, 6) is -7.50. The molecule has 9 nitrogen and oxygen atoms in total. The van der Waals surface area contributed by atoms with Gasteiger partial charge in [0.25, 0.3) is 0 Å². The second-order valence-electron chi connectivity index (χ2n) is 8.89. The van der Waals surface area contributed by atoms with Gasteiger partial charge in [-0.1, -0.05) is 0 Å². The van der Waals surface area contributed by atoms with Gasteiger partial charge in [0.2, 0.25) is 33.6 Å². The highest BCUT2D eigenvalue weighted by Gasteiger charge is 2.26. The van der Waals surface area contributed by atoms with E-state index in [2.05, 4.69) is 25.6 Å². The van der Waals surface area contributed by atoms with Gasteiger partial charge in [0, 0.05) is 31.4 Å². The van der Waals surface area contributed by atoms with Crippen LogP contribution in [0.3, 0.4) is 0 Å². The number of ether oxygens (including phenoxy) is 1. The normalized spacial score (nSPS) is 15.8. The summed E-state index contributed by atoms with van der Waals surface area (Å²) < 4.78 is 87.0. The Morgan fingerprint density at radius 2 is 1.92 bits per heavy atom. The van der Waals surface area contributed by atoms with Crippen molar-refractivity contribution in [2.24, 2.45) is 0 Å². The number of nitrogens with one attached hydrogen (secondary N) is 3. The van der Waals surface area contributed by atoms with Crippen LogP contribution in [0.2, 0.25) is 0 Å². The molecule has 1 aromatic carbocycles. The molecular formula is C24H27ClF4N6O3S. The topological polar surface area (TPSA) is 118 Å². The molecular weight excluding hydrogens is 564 g/mol. The molecule has 1 aliphatic rings. The van der Waals surface area contributed by atoms with E-state index in [0.29, 0.717) is 24.1 Å². The Bertz CT molecular complexity index is 1390. The van der Waals surface area contributed by atoms with Crippen LogP contribution in [0.25, 0.3) is 11.3 Å². The monoisotopic (exact) mass is 590 g/mol. The predicted octanol–water partition coefficient (Wildman–Crippen LogP) is 4.98. The fourth-order valence-corrected chi connectivity index (χ4v) is 4.95. The molecule has 0 spiro atoms. The lowest BCUT2D eigenvalue weighted by Crippen LogP contribution is -2.38. The Labute approximate surface area is 229 Å². The van der Waals surface area contributed by atoms with Gasteiger partial charge in [-0.2, -0.15) is 4.39 Å². The molecule has 1 saturated heterocycles. The maximum absolute atomic E-state index is 14.8. The van der Waals surface area contributed by atoms with Crippen molar-refractivity contribution in [3.8, 4) is 22.9 Å². The third kappa shape index (κ3) is 8.38. The van der Waals surface area contributed by atoms with Crippen molar-refractivity contribution in [1.29, 1.82) is 0 Å². The quantitative estimate of drug-likeness (QED) is 0.283. The minimum absolute atomic E-state index is 0. The highest BCUT2D eigenvalue weighted by Crippen LogP contribution is 2.34. The molecule has 1 fully saturated rings. The maximum atomic E-state index is 14.8. The molecule has 3 aromatic rings. The summed E-state index contributed by atoms with van der Waals surface area (Å²) in [6.45, 7) is 2.29. The first-order valence-corrected chi connectivity index (χ1v) is 13.5. The van der Waals surface area contributed by atoms with Gasteiger partial charge in [0.1, 0.15) is 0 Å². The molecule has 15 heteroatoms. The third-order valence-corrected chi connectivity index (χ3v) is 6.93. The summed E-state index contributed by atoms with van der Waals surface area (Å²) >= 11 is 0. The SMILES string of the molecule is CC(F)(F)CCS(=O)(=O)Nc1ccc(Oc2ncccc2-c2ccnc(NC3CCCNC3)n2)c(F)c1F.Cl. The van der Waals surface area contributed by atoms with E-state index >= 15 is 0 Å². The first kappa shape index (κ1) is 30.3.